The molecule has 43 heavy (non-hydrogen) atoms. The SMILES string of the molecule is C[Si]1(C)c2ccccc2-c2c(-c3nc(-c4ccccc4)nc(-c4ccc(-c5ccc6ccccc6c5)cc4)n3)cccc21. The van der Waals surface area contributed by atoms with E-state index in [1.54, 1.807) is 0 Å². The zero-order valence-corrected chi connectivity index (χ0v) is 25.1. The van der Waals surface area contributed by atoms with Gasteiger partial charge in [-0.1, -0.05) is 147 Å². The normalized spacial score (nSPS) is 13.1. The maximum atomic E-state index is 5.13. The van der Waals surface area contributed by atoms with Crippen molar-refractivity contribution in [3.63, 3.8) is 0 Å². The van der Waals surface area contributed by atoms with Gasteiger partial charge in [-0.3, -0.25) is 0 Å². The van der Waals surface area contributed by atoms with Crippen molar-refractivity contribution in [2.75, 3.05) is 0 Å². The van der Waals surface area contributed by atoms with Crippen LogP contribution in [0.3, 0.4) is 0 Å². The number of aromatic nitrogens is 3. The summed E-state index contributed by atoms with van der Waals surface area (Å²) >= 11 is 0. The summed E-state index contributed by atoms with van der Waals surface area (Å²) in [5.41, 5.74) is 7.95. The molecule has 0 saturated heterocycles. The summed E-state index contributed by atoms with van der Waals surface area (Å²) in [7, 11) is -1.83. The molecule has 1 aromatic heterocycles. The Bertz CT molecular complexity index is 2150. The first-order valence-corrected chi connectivity index (χ1v) is 17.7. The van der Waals surface area contributed by atoms with Crippen LogP contribution in [0.15, 0.2) is 140 Å². The average molecular weight is 568 g/mol. The molecule has 0 amide bonds. The van der Waals surface area contributed by atoms with Gasteiger partial charge in [-0.25, -0.2) is 15.0 Å². The first-order chi connectivity index (χ1) is 21.1. The Balaban J connectivity index is 1.27. The molecule has 0 radical (unpaired) electrons. The van der Waals surface area contributed by atoms with Crippen molar-refractivity contribution < 1.29 is 0 Å². The minimum atomic E-state index is -1.83. The largest absolute Gasteiger partial charge is 0.208 e. The minimum Gasteiger partial charge on any atom is -0.208 e. The van der Waals surface area contributed by atoms with E-state index in [0.29, 0.717) is 17.5 Å². The number of benzene rings is 6. The molecule has 4 heteroatoms. The lowest BCUT2D eigenvalue weighted by molar-refractivity contribution is 1.07. The fraction of sp³-hybridized carbons (Fsp3) is 0.0513. The Labute approximate surface area is 252 Å². The predicted octanol–water partition coefficient (Wildman–Crippen LogP) is 8.50. The second-order valence-corrected chi connectivity index (χ2v) is 16.0. The Morgan fingerprint density at radius 2 is 0.953 bits per heavy atom. The molecule has 3 nitrogen and oxygen atoms in total. The lowest BCUT2D eigenvalue weighted by Crippen LogP contribution is -2.49. The molecule has 0 saturated carbocycles. The van der Waals surface area contributed by atoms with Gasteiger partial charge in [-0.05, 0) is 49.5 Å². The summed E-state index contributed by atoms with van der Waals surface area (Å²) in [4.78, 5) is 15.2. The standard InChI is InChI=1S/C39H29N3Si/c1-43(2)34-17-9-8-15-32(34)36-33(16-10-18-35(36)43)39-41-37(28-12-4-3-5-13-28)40-38(42-39)29-22-19-27(20-23-29)31-24-21-26-11-6-7-14-30(26)25-31/h3-25H,1-2H3. The van der Waals surface area contributed by atoms with Gasteiger partial charge in [0.15, 0.2) is 17.5 Å². The van der Waals surface area contributed by atoms with Crippen molar-refractivity contribution >= 4 is 29.2 Å². The summed E-state index contributed by atoms with van der Waals surface area (Å²) in [6.45, 7) is 4.87. The molecular formula is C39H29N3Si. The molecule has 1 aliphatic heterocycles. The van der Waals surface area contributed by atoms with Crippen molar-refractivity contribution in [3.05, 3.63) is 140 Å². The fourth-order valence-corrected chi connectivity index (χ4v) is 9.56. The minimum absolute atomic E-state index is 0.675. The first-order valence-electron chi connectivity index (χ1n) is 14.7. The van der Waals surface area contributed by atoms with Crippen LogP contribution in [0, 0.1) is 0 Å². The van der Waals surface area contributed by atoms with E-state index in [2.05, 4.69) is 134 Å². The highest BCUT2D eigenvalue weighted by Gasteiger charge is 2.38. The second kappa shape index (κ2) is 9.97. The second-order valence-electron chi connectivity index (χ2n) is 11.7. The van der Waals surface area contributed by atoms with Crippen molar-refractivity contribution in [2.45, 2.75) is 13.1 Å². The molecule has 8 rings (SSSR count). The van der Waals surface area contributed by atoms with E-state index < -0.39 is 8.07 Å². The van der Waals surface area contributed by atoms with E-state index in [0.717, 1.165) is 22.3 Å². The molecule has 0 fully saturated rings. The quantitative estimate of drug-likeness (QED) is 0.200. The van der Waals surface area contributed by atoms with Crippen molar-refractivity contribution in [3.8, 4) is 56.4 Å². The van der Waals surface area contributed by atoms with Gasteiger partial charge in [0.1, 0.15) is 8.07 Å². The highest BCUT2D eigenvalue weighted by molar-refractivity contribution is 7.04. The maximum absolute atomic E-state index is 5.13. The maximum Gasteiger partial charge on any atom is 0.164 e. The molecule has 0 spiro atoms. The Morgan fingerprint density at radius 1 is 0.395 bits per heavy atom. The van der Waals surface area contributed by atoms with Crippen LogP contribution in [0.1, 0.15) is 0 Å². The lowest BCUT2D eigenvalue weighted by atomic mass is 9.99. The number of hydrogen-bond acceptors (Lipinski definition) is 3. The van der Waals surface area contributed by atoms with Crippen LogP contribution in [-0.4, -0.2) is 23.0 Å². The fourth-order valence-electron chi connectivity index (χ4n) is 6.46. The van der Waals surface area contributed by atoms with Gasteiger partial charge in [-0.2, -0.15) is 0 Å². The van der Waals surface area contributed by atoms with Crippen LogP contribution < -0.4 is 10.4 Å². The lowest BCUT2D eigenvalue weighted by Gasteiger charge is -2.18. The van der Waals surface area contributed by atoms with Crippen LogP contribution in [0.25, 0.3) is 67.2 Å². The number of hydrogen-bond donors (Lipinski definition) is 0. The van der Waals surface area contributed by atoms with Crippen molar-refractivity contribution in [1.82, 2.24) is 15.0 Å². The van der Waals surface area contributed by atoms with Crippen LogP contribution >= 0.6 is 0 Å². The third kappa shape index (κ3) is 4.30. The van der Waals surface area contributed by atoms with Gasteiger partial charge in [0.25, 0.3) is 0 Å². The average Bonchev–Trinajstić information content (AvgIpc) is 3.31. The van der Waals surface area contributed by atoms with Crippen molar-refractivity contribution in [2.24, 2.45) is 0 Å². The van der Waals surface area contributed by atoms with Crippen LogP contribution in [0.2, 0.25) is 13.1 Å². The number of fused-ring (bicyclic) bond motifs is 4. The van der Waals surface area contributed by atoms with E-state index in [1.807, 2.05) is 18.2 Å². The van der Waals surface area contributed by atoms with Gasteiger partial charge in [-0.15, -0.1) is 0 Å². The number of nitrogens with zero attached hydrogens (tertiary/aromatic N) is 3. The van der Waals surface area contributed by atoms with Gasteiger partial charge >= 0.3 is 0 Å². The van der Waals surface area contributed by atoms with Gasteiger partial charge < -0.3 is 0 Å². The van der Waals surface area contributed by atoms with Gasteiger partial charge in [0, 0.05) is 16.7 Å². The molecule has 1 aliphatic rings. The molecule has 0 N–H and O–H groups in total. The van der Waals surface area contributed by atoms with Crippen LogP contribution in [0.5, 0.6) is 0 Å². The summed E-state index contributed by atoms with van der Waals surface area (Å²) in [6, 6.07) is 49.4. The molecule has 0 unspecified atom stereocenters. The molecular weight excluding hydrogens is 539 g/mol. The summed E-state index contributed by atoms with van der Waals surface area (Å²) in [6.07, 6.45) is 0. The molecule has 6 aromatic carbocycles. The van der Waals surface area contributed by atoms with Gasteiger partial charge in [0.05, 0.1) is 0 Å². The van der Waals surface area contributed by atoms with E-state index in [1.165, 1.54) is 37.8 Å². The summed E-state index contributed by atoms with van der Waals surface area (Å²) in [5.74, 6) is 2.06. The first kappa shape index (κ1) is 25.5. The third-order valence-corrected chi connectivity index (χ3v) is 12.3. The Kier molecular flexibility index (Phi) is 5.91. The summed E-state index contributed by atoms with van der Waals surface area (Å²) < 4.78 is 0. The third-order valence-electron chi connectivity index (χ3n) is 8.74. The van der Waals surface area contributed by atoms with Crippen LogP contribution in [-0.2, 0) is 0 Å². The van der Waals surface area contributed by atoms with E-state index >= 15 is 0 Å². The number of rotatable bonds is 4. The molecule has 7 aromatic rings. The smallest absolute Gasteiger partial charge is 0.164 e. The van der Waals surface area contributed by atoms with Crippen LogP contribution in [0.4, 0.5) is 0 Å². The topological polar surface area (TPSA) is 38.7 Å². The highest BCUT2D eigenvalue weighted by atomic mass is 28.3. The summed E-state index contributed by atoms with van der Waals surface area (Å²) in [5, 5.41) is 5.39. The zero-order chi connectivity index (χ0) is 29.0. The van der Waals surface area contributed by atoms with Crippen molar-refractivity contribution in [1.29, 1.82) is 0 Å². The Hall–Kier alpha value is -5.19. The zero-order valence-electron chi connectivity index (χ0n) is 24.1. The van der Waals surface area contributed by atoms with Gasteiger partial charge in [0.2, 0.25) is 0 Å². The Morgan fingerprint density at radius 3 is 1.74 bits per heavy atom. The molecule has 204 valence electrons. The molecule has 0 bridgehead atoms. The highest BCUT2D eigenvalue weighted by Crippen LogP contribution is 2.36. The predicted molar refractivity (Wildman–Crippen MR) is 181 cm³/mol. The molecule has 0 aliphatic carbocycles. The monoisotopic (exact) mass is 567 g/mol. The molecule has 0 atom stereocenters. The van der Waals surface area contributed by atoms with E-state index in [4.69, 9.17) is 15.0 Å². The molecule has 2 heterocycles. The van der Waals surface area contributed by atoms with E-state index in [-0.39, 0.29) is 0 Å². The van der Waals surface area contributed by atoms with E-state index in [9.17, 15) is 0 Å².